The Morgan fingerprint density at radius 3 is 2.90 bits per heavy atom. The maximum atomic E-state index is 12.6. The van der Waals surface area contributed by atoms with Gasteiger partial charge in [0, 0.05) is 12.6 Å². The van der Waals surface area contributed by atoms with Crippen LogP contribution in [0, 0.1) is 0 Å². The van der Waals surface area contributed by atoms with Crippen molar-refractivity contribution in [3.63, 3.8) is 0 Å². The van der Waals surface area contributed by atoms with Crippen LogP contribution in [0.4, 0.5) is 4.79 Å². The van der Waals surface area contributed by atoms with Gasteiger partial charge in [-0.2, -0.15) is 0 Å². The number of imide groups is 1. The van der Waals surface area contributed by atoms with E-state index in [1.165, 1.54) is 0 Å². The summed E-state index contributed by atoms with van der Waals surface area (Å²) in [4.78, 5) is 42.1. The first-order valence-corrected chi connectivity index (χ1v) is 9.27. The second-order valence-electron chi connectivity index (χ2n) is 6.75. The number of amides is 4. The summed E-state index contributed by atoms with van der Waals surface area (Å²) in [5.74, 6) is 0.688. The number of carbonyl (C=O) groups is 3. The molecule has 1 aromatic heterocycles. The Morgan fingerprint density at radius 1 is 1.21 bits per heavy atom. The van der Waals surface area contributed by atoms with Crippen molar-refractivity contribution in [3.05, 3.63) is 53.9 Å². The molecule has 9 nitrogen and oxygen atoms in total. The Morgan fingerprint density at radius 2 is 2.07 bits per heavy atom. The number of pyridine rings is 1. The summed E-state index contributed by atoms with van der Waals surface area (Å²) < 4.78 is 10.6. The normalized spacial score (nSPS) is 17.4. The summed E-state index contributed by atoms with van der Waals surface area (Å²) in [6.45, 7) is 0.608. The minimum atomic E-state index is -0.711. The maximum absolute atomic E-state index is 12.6. The lowest BCUT2D eigenvalue weighted by Crippen LogP contribution is -2.32. The maximum Gasteiger partial charge on any atom is 0.325 e. The fourth-order valence-corrected chi connectivity index (χ4v) is 3.20. The minimum absolute atomic E-state index is 0.126. The average molecular weight is 396 g/mol. The molecule has 3 heterocycles. The van der Waals surface area contributed by atoms with Crippen molar-refractivity contribution in [2.45, 2.75) is 32.0 Å². The minimum Gasteiger partial charge on any atom is -0.454 e. The van der Waals surface area contributed by atoms with E-state index in [0.717, 1.165) is 16.2 Å². The van der Waals surface area contributed by atoms with E-state index in [-0.39, 0.29) is 38.0 Å². The second-order valence-corrected chi connectivity index (χ2v) is 6.75. The van der Waals surface area contributed by atoms with E-state index in [1.54, 1.807) is 30.5 Å². The van der Waals surface area contributed by atoms with Crippen LogP contribution in [-0.2, 0) is 22.7 Å². The van der Waals surface area contributed by atoms with Crippen LogP contribution in [0.2, 0.25) is 0 Å². The first kappa shape index (κ1) is 18.7. The van der Waals surface area contributed by atoms with Gasteiger partial charge in [-0.05, 0) is 36.2 Å². The first-order chi connectivity index (χ1) is 14.1. The number of urea groups is 1. The molecule has 1 aromatic carbocycles. The Kier molecular flexibility index (Phi) is 5.28. The zero-order chi connectivity index (χ0) is 20.2. The van der Waals surface area contributed by atoms with Crippen LogP contribution >= 0.6 is 0 Å². The van der Waals surface area contributed by atoms with Gasteiger partial charge in [0.25, 0.3) is 5.91 Å². The van der Waals surface area contributed by atoms with E-state index >= 15 is 0 Å². The molecule has 0 bridgehead atoms. The van der Waals surface area contributed by atoms with Crippen molar-refractivity contribution in [2.24, 2.45) is 0 Å². The highest BCUT2D eigenvalue weighted by atomic mass is 16.7. The molecule has 0 aliphatic carbocycles. The Hall–Kier alpha value is -3.62. The van der Waals surface area contributed by atoms with E-state index in [0.29, 0.717) is 18.0 Å². The molecular formula is C20H20N4O5. The van der Waals surface area contributed by atoms with Gasteiger partial charge in [-0.15, -0.1) is 0 Å². The van der Waals surface area contributed by atoms with E-state index in [1.807, 2.05) is 12.1 Å². The van der Waals surface area contributed by atoms with Crippen LogP contribution < -0.4 is 20.1 Å². The van der Waals surface area contributed by atoms with Gasteiger partial charge in [0.1, 0.15) is 6.04 Å². The Balaban J connectivity index is 1.28. The van der Waals surface area contributed by atoms with E-state index in [2.05, 4.69) is 15.6 Å². The number of fused-ring (bicyclic) bond motifs is 1. The number of rotatable bonds is 7. The number of hydrogen-bond acceptors (Lipinski definition) is 6. The quantitative estimate of drug-likeness (QED) is 0.684. The van der Waals surface area contributed by atoms with Gasteiger partial charge >= 0.3 is 6.03 Å². The second kappa shape index (κ2) is 8.17. The summed E-state index contributed by atoms with van der Waals surface area (Å²) >= 11 is 0. The first-order valence-electron chi connectivity index (χ1n) is 9.27. The molecule has 9 heteroatoms. The summed E-state index contributed by atoms with van der Waals surface area (Å²) in [6.07, 6.45) is 2.01. The monoisotopic (exact) mass is 396 g/mol. The molecule has 0 saturated carbocycles. The molecule has 2 aromatic rings. The van der Waals surface area contributed by atoms with Crippen molar-refractivity contribution >= 4 is 17.8 Å². The fourth-order valence-electron chi connectivity index (χ4n) is 3.20. The molecule has 1 fully saturated rings. The number of benzene rings is 1. The third kappa shape index (κ3) is 4.29. The number of aromatic nitrogens is 1. The molecule has 0 spiro atoms. The predicted octanol–water partition coefficient (Wildman–Crippen LogP) is 1.33. The molecule has 150 valence electrons. The van der Waals surface area contributed by atoms with Crippen molar-refractivity contribution in [2.75, 3.05) is 6.79 Å². The molecule has 2 N–H and O–H groups in total. The predicted molar refractivity (Wildman–Crippen MR) is 101 cm³/mol. The third-order valence-corrected chi connectivity index (χ3v) is 4.74. The van der Waals surface area contributed by atoms with Crippen LogP contribution in [0.1, 0.15) is 24.1 Å². The van der Waals surface area contributed by atoms with Crippen LogP contribution in [-0.4, -0.2) is 40.6 Å². The largest absolute Gasteiger partial charge is 0.454 e. The van der Waals surface area contributed by atoms with E-state index < -0.39 is 12.1 Å². The smallest absolute Gasteiger partial charge is 0.325 e. The van der Waals surface area contributed by atoms with Crippen LogP contribution in [0.3, 0.4) is 0 Å². The molecule has 0 radical (unpaired) electrons. The molecule has 4 rings (SSSR count). The zero-order valence-corrected chi connectivity index (χ0v) is 15.6. The summed E-state index contributed by atoms with van der Waals surface area (Å²) in [6, 6.07) is 9.57. The Labute approximate surface area is 167 Å². The van der Waals surface area contributed by atoms with E-state index in [9.17, 15) is 14.4 Å². The lowest BCUT2D eigenvalue weighted by Gasteiger charge is -2.13. The molecule has 4 amide bonds. The lowest BCUT2D eigenvalue weighted by molar-refractivity contribution is -0.128. The number of ether oxygens (including phenoxy) is 2. The molecule has 0 unspecified atom stereocenters. The molecule has 2 aliphatic heterocycles. The topological polar surface area (TPSA) is 110 Å². The van der Waals surface area contributed by atoms with Gasteiger partial charge in [-0.25, -0.2) is 4.79 Å². The highest BCUT2D eigenvalue weighted by molar-refractivity contribution is 6.04. The molecule has 29 heavy (non-hydrogen) atoms. The van der Waals surface area contributed by atoms with Crippen molar-refractivity contribution < 1.29 is 23.9 Å². The standard InChI is InChI=1S/C20H20N4O5/c25-18(22-10-14-3-1-2-8-21-14)7-5-15-19(26)24(20(27)23-15)11-13-4-6-16-17(9-13)29-12-28-16/h1-4,6,8-9,15H,5,7,10-12H2,(H,22,25)(H,23,27)/t15-/m0/s1. The molecule has 2 aliphatic rings. The van der Waals surface area contributed by atoms with Crippen molar-refractivity contribution in [3.8, 4) is 11.5 Å². The van der Waals surface area contributed by atoms with Gasteiger partial charge in [-0.3, -0.25) is 19.5 Å². The van der Waals surface area contributed by atoms with Crippen molar-refractivity contribution in [1.29, 1.82) is 0 Å². The van der Waals surface area contributed by atoms with E-state index in [4.69, 9.17) is 9.47 Å². The number of carbonyl (C=O) groups excluding carboxylic acids is 3. The number of hydrogen-bond donors (Lipinski definition) is 2. The SMILES string of the molecule is O=C(CC[C@@H]1NC(=O)N(Cc2ccc3c(c2)OCO3)C1=O)NCc1ccccn1. The zero-order valence-electron chi connectivity index (χ0n) is 15.6. The molecule has 1 atom stereocenters. The molecule has 1 saturated heterocycles. The van der Waals surface area contributed by atoms with Gasteiger partial charge in [-0.1, -0.05) is 12.1 Å². The summed E-state index contributed by atoms with van der Waals surface area (Å²) in [5, 5.41) is 5.40. The number of nitrogens with one attached hydrogen (secondary N) is 2. The molecular weight excluding hydrogens is 376 g/mol. The van der Waals surface area contributed by atoms with Crippen LogP contribution in [0.15, 0.2) is 42.6 Å². The summed E-state index contributed by atoms with van der Waals surface area (Å²) in [7, 11) is 0. The number of nitrogens with zero attached hydrogens (tertiary/aromatic N) is 2. The lowest BCUT2D eigenvalue weighted by atomic mass is 10.1. The van der Waals surface area contributed by atoms with Crippen molar-refractivity contribution in [1.82, 2.24) is 20.5 Å². The van der Waals surface area contributed by atoms with Crippen LogP contribution in [0.25, 0.3) is 0 Å². The van der Waals surface area contributed by atoms with Crippen LogP contribution in [0.5, 0.6) is 11.5 Å². The van der Waals surface area contributed by atoms with Gasteiger partial charge in [0.15, 0.2) is 11.5 Å². The highest BCUT2D eigenvalue weighted by Crippen LogP contribution is 2.33. The van der Waals surface area contributed by atoms with Gasteiger partial charge in [0.05, 0.1) is 18.8 Å². The Bertz CT molecular complexity index is 934. The highest BCUT2D eigenvalue weighted by Gasteiger charge is 2.38. The average Bonchev–Trinajstić information content (AvgIpc) is 3.31. The summed E-state index contributed by atoms with van der Waals surface area (Å²) in [5.41, 5.74) is 1.51. The van der Waals surface area contributed by atoms with Gasteiger partial charge in [0.2, 0.25) is 12.7 Å². The fraction of sp³-hybridized carbons (Fsp3) is 0.300. The van der Waals surface area contributed by atoms with Gasteiger partial charge < -0.3 is 20.1 Å². The third-order valence-electron chi connectivity index (χ3n) is 4.74.